The second-order valence-corrected chi connectivity index (χ2v) is 3.09. The van der Waals surface area contributed by atoms with Crippen molar-refractivity contribution in [2.75, 3.05) is 7.11 Å². The van der Waals surface area contributed by atoms with Gasteiger partial charge in [-0.2, -0.15) is 13.2 Å². The Balaban J connectivity index is 2.53. The van der Waals surface area contributed by atoms with E-state index in [-0.39, 0.29) is 6.42 Å². The van der Waals surface area contributed by atoms with Crippen molar-refractivity contribution in [1.29, 1.82) is 0 Å². The van der Waals surface area contributed by atoms with Gasteiger partial charge < -0.3 is 10.5 Å². The molecule has 0 aromatic rings. The first-order valence-corrected chi connectivity index (χ1v) is 3.78. The lowest BCUT2D eigenvalue weighted by Gasteiger charge is -2.41. The zero-order chi connectivity index (χ0) is 10.2. The predicted octanol–water partition coefficient (Wildman–Crippen LogP) is 0.685. The zero-order valence-electron chi connectivity index (χ0n) is 6.97. The maximum Gasteiger partial charge on any atom is 0.393 e. The fraction of sp³-hybridized carbons (Fsp3) is 0.857. The largest absolute Gasteiger partial charge is 0.469 e. The summed E-state index contributed by atoms with van der Waals surface area (Å²) in [6.45, 7) is 0. The lowest BCUT2D eigenvalue weighted by atomic mass is 9.70. The second kappa shape index (κ2) is 3.17. The highest BCUT2D eigenvalue weighted by Crippen LogP contribution is 2.44. The molecule has 1 rings (SSSR count). The normalized spacial score (nSPS) is 33.8. The predicted molar refractivity (Wildman–Crippen MR) is 37.6 cm³/mol. The molecule has 13 heavy (non-hydrogen) atoms. The van der Waals surface area contributed by atoms with Gasteiger partial charge in [-0.05, 0) is 6.42 Å². The Labute approximate surface area is 73.0 Å². The van der Waals surface area contributed by atoms with Crippen molar-refractivity contribution < 1.29 is 22.7 Å². The van der Waals surface area contributed by atoms with Crippen LogP contribution < -0.4 is 5.73 Å². The summed E-state index contributed by atoms with van der Waals surface area (Å²) in [4.78, 5) is 10.8. The Bertz CT molecular complexity index is 216. The third kappa shape index (κ3) is 1.77. The van der Waals surface area contributed by atoms with Crippen molar-refractivity contribution in [3.05, 3.63) is 0 Å². The summed E-state index contributed by atoms with van der Waals surface area (Å²) in [6, 6.07) is -1.15. The molecular formula is C7H10F3NO2. The Morgan fingerprint density at radius 2 is 2.08 bits per heavy atom. The molecule has 0 amide bonds. The van der Waals surface area contributed by atoms with Crippen LogP contribution in [0.5, 0.6) is 0 Å². The monoisotopic (exact) mass is 197 g/mol. The summed E-state index contributed by atoms with van der Waals surface area (Å²) in [6.07, 6.45) is -4.55. The molecule has 0 saturated heterocycles. The van der Waals surface area contributed by atoms with Crippen LogP contribution in [-0.4, -0.2) is 25.3 Å². The molecule has 1 aliphatic rings. The van der Waals surface area contributed by atoms with E-state index in [1.165, 1.54) is 0 Å². The number of carbonyl (C=O) groups is 1. The lowest BCUT2D eigenvalue weighted by Crippen LogP contribution is -2.57. The highest BCUT2D eigenvalue weighted by atomic mass is 19.4. The third-order valence-electron chi connectivity index (χ3n) is 2.36. The number of nitrogens with two attached hydrogens (primary N) is 1. The molecule has 1 saturated carbocycles. The standard InChI is InChI=1S/C7H10F3NO2/c1-13-6(12)3-2-4(5(3)11)7(8,9)10/h3-5H,2,11H2,1H3/t3-,4+,5+/m1/s1. The number of esters is 1. The van der Waals surface area contributed by atoms with Crippen LogP contribution in [-0.2, 0) is 9.53 Å². The number of hydrogen-bond donors (Lipinski definition) is 1. The van der Waals surface area contributed by atoms with Crippen molar-refractivity contribution in [1.82, 2.24) is 0 Å². The third-order valence-corrected chi connectivity index (χ3v) is 2.36. The number of hydrogen-bond acceptors (Lipinski definition) is 3. The summed E-state index contributed by atoms with van der Waals surface area (Å²) in [5.74, 6) is -3.01. The Kier molecular flexibility index (Phi) is 2.51. The SMILES string of the molecule is COC(=O)[C@@H]1C[C@H](C(F)(F)F)[C@H]1N. The van der Waals surface area contributed by atoms with Crippen molar-refractivity contribution in [2.45, 2.75) is 18.6 Å². The maximum atomic E-state index is 12.1. The summed E-state index contributed by atoms with van der Waals surface area (Å²) in [5, 5.41) is 0. The van der Waals surface area contributed by atoms with Gasteiger partial charge in [0.05, 0.1) is 18.9 Å². The fourth-order valence-electron chi connectivity index (χ4n) is 1.43. The van der Waals surface area contributed by atoms with E-state index in [4.69, 9.17) is 5.73 Å². The van der Waals surface area contributed by atoms with E-state index in [1.54, 1.807) is 0 Å². The van der Waals surface area contributed by atoms with Crippen LogP contribution in [0.4, 0.5) is 13.2 Å². The minimum absolute atomic E-state index is 0.253. The van der Waals surface area contributed by atoms with E-state index < -0.39 is 30.0 Å². The van der Waals surface area contributed by atoms with Gasteiger partial charge in [0.15, 0.2) is 0 Å². The quantitative estimate of drug-likeness (QED) is 0.629. The molecule has 3 atom stereocenters. The van der Waals surface area contributed by atoms with Gasteiger partial charge in [0.2, 0.25) is 0 Å². The first-order chi connectivity index (χ1) is 5.88. The number of ether oxygens (including phenoxy) is 1. The van der Waals surface area contributed by atoms with E-state index >= 15 is 0 Å². The van der Waals surface area contributed by atoms with Crippen LogP contribution in [0.1, 0.15) is 6.42 Å². The van der Waals surface area contributed by atoms with Gasteiger partial charge in [-0.15, -0.1) is 0 Å². The van der Waals surface area contributed by atoms with E-state index in [1.807, 2.05) is 0 Å². The van der Waals surface area contributed by atoms with Crippen LogP contribution in [0.2, 0.25) is 0 Å². The molecule has 0 unspecified atom stereocenters. The minimum Gasteiger partial charge on any atom is -0.469 e. The molecular weight excluding hydrogens is 187 g/mol. The van der Waals surface area contributed by atoms with Gasteiger partial charge in [-0.3, -0.25) is 4.79 Å². The van der Waals surface area contributed by atoms with Crippen molar-refractivity contribution >= 4 is 5.97 Å². The number of methoxy groups -OCH3 is 1. The highest BCUT2D eigenvalue weighted by Gasteiger charge is 2.56. The van der Waals surface area contributed by atoms with Crippen molar-refractivity contribution in [3.63, 3.8) is 0 Å². The molecule has 3 nitrogen and oxygen atoms in total. The van der Waals surface area contributed by atoms with Gasteiger partial charge in [0, 0.05) is 6.04 Å². The van der Waals surface area contributed by atoms with Gasteiger partial charge in [-0.1, -0.05) is 0 Å². The molecule has 1 aliphatic carbocycles. The topological polar surface area (TPSA) is 52.3 Å². The Hall–Kier alpha value is -0.780. The van der Waals surface area contributed by atoms with Crippen LogP contribution >= 0.6 is 0 Å². The lowest BCUT2D eigenvalue weighted by molar-refractivity contribution is -0.215. The molecule has 2 N–H and O–H groups in total. The number of halogens is 3. The number of carbonyl (C=O) groups excluding carboxylic acids is 1. The van der Waals surface area contributed by atoms with E-state index in [2.05, 4.69) is 4.74 Å². The average Bonchev–Trinajstić information content (AvgIpc) is 1.98. The highest BCUT2D eigenvalue weighted by molar-refractivity contribution is 5.74. The van der Waals surface area contributed by atoms with E-state index in [0.717, 1.165) is 7.11 Å². The molecule has 0 aromatic carbocycles. The summed E-state index contributed by atoms with van der Waals surface area (Å²) in [5.41, 5.74) is 5.21. The van der Waals surface area contributed by atoms with Crippen molar-refractivity contribution in [3.8, 4) is 0 Å². The summed E-state index contributed by atoms with van der Waals surface area (Å²) < 4.78 is 40.5. The first-order valence-electron chi connectivity index (χ1n) is 3.78. The number of alkyl halides is 3. The Morgan fingerprint density at radius 1 is 1.54 bits per heavy atom. The molecule has 0 aliphatic heterocycles. The van der Waals surface area contributed by atoms with Crippen LogP contribution in [0, 0.1) is 11.8 Å². The van der Waals surface area contributed by atoms with E-state index in [9.17, 15) is 18.0 Å². The van der Waals surface area contributed by atoms with Gasteiger partial charge in [-0.25, -0.2) is 0 Å². The number of rotatable bonds is 1. The van der Waals surface area contributed by atoms with Crippen LogP contribution in [0.3, 0.4) is 0 Å². The minimum atomic E-state index is -4.30. The van der Waals surface area contributed by atoms with Crippen molar-refractivity contribution in [2.24, 2.45) is 17.6 Å². The summed E-state index contributed by atoms with van der Waals surface area (Å²) >= 11 is 0. The maximum absolute atomic E-state index is 12.1. The molecule has 1 fully saturated rings. The smallest absolute Gasteiger partial charge is 0.393 e. The van der Waals surface area contributed by atoms with Gasteiger partial charge in [0.25, 0.3) is 0 Å². The second-order valence-electron chi connectivity index (χ2n) is 3.09. The van der Waals surface area contributed by atoms with Crippen LogP contribution in [0.15, 0.2) is 0 Å². The van der Waals surface area contributed by atoms with Gasteiger partial charge >= 0.3 is 12.1 Å². The Morgan fingerprint density at radius 3 is 2.38 bits per heavy atom. The molecule has 0 radical (unpaired) electrons. The first kappa shape index (κ1) is 10.3. The summed E-state index contributed by atoms with van der Waals surface area (Å²) in [7, 11) is 1.13. The molecule has 0 spiro atoms. The van der Waals surface area contributed by atoms with Gasteiger partial charge in [0.1, 0.15) is 0 Å². The van der Waals surface area contributed by atoms with E-state index in [0.29, 0.717) is 0 Å². The molecule has 76 valence electrons. The zero-order valence-corrected chi connectivity index (χ0v) is 6.97. The molecule has 6 heteroatoms. The average molecular weight is 197 g/mol. The molecule has 0 heterocycles. The van der Waals surface area contributed by atoms with Crippen LogP contribution in [0.25, 0.3) is 0 Å². The molecule has 0 bridgehead atoms. The molecule has 0 aromatic heterocycles. The fourth-order valence-corrected chi connectivity index (χ4v) is 1.43.